The number of rotatable bonds is 13. The van der Waals surface area contributed by atoms with E-state index in [1.165, 1.54) is 17.0 Å². The number of carbonyl (C=O) groups is 2. The zero-order chi connectivity index (χ0) is 28.4. The molecule has 10 heteroatoms. The second-order valence-electron chi connectivity index (χ2n) is 8.87. The van der Waals surface area contributed by atoms with Crippen molar-refractivity contribution in [3.05, 3.63) is 89.4 Å². The number of hydrogen-bond acceptors (Lipinski definition) is 5. The molecule has 39 heavy (non-hydrogen) atoms. The summed E-state index contributed by atoms with van der Waals surface area (Å²) in [4.78, 5) is 28.1. The number of halogens is 1. The van der Waals surface area contributed by atoms with Crippen LogP contribution in [0.25, 0.3) is 0 Å². The summed E-state index contributed by atoms with van der Waals surface area (Å²) >= 11 is 6.03. The molecule has 1 atom stereocenters. The van der Waals surface area contributed by atoms with Crippen molar-refractivity contribution in [3.8, 4) is 5.75 Å². The van der Waals surface area contributed by atoms with Gasteiger partial charge in [0.05, 0.1) is 17.2 Å². The van der Waals surface area contributed by atoms with Crippen LogP contribution in [0.1, 0.15) is 32.8 Å². The molecule has 0 bridgehead atoms. The van der Waals surface area contributed by atoms with Gasteiger partial charge in [-0.1, -0.05) is 48.9 Å². The van der Waals surface area contributed by atoms with Gasteiger partial charge in [-0.15, -0.1) is 0 Å². The number of anilines is 1. The van der Waals surface area contributed by atoms with Gasteiger partial charge in [-0.25, -0.2) is 8.42 Å². The molecule has 0 spiro atoms. The minimum Gasteiger partial charge on any atom is -0.494 e. The number of nitrogens with one attached hydrogen (secondary N) is 1. The Bertz CT molecular complexity index is 1330. The van der Waals surface area contributed by atoms with E-state index < -0.39 is 28.5 Å². The fourth-order valence-corrected chi connectivity index (χ4v) is 5.43. The van der Waals surface area contributed by atoms with E-state index in [4.69, 9.17) is 16.3 Å². The number of carbonyl (C=O) groups excluding carboxylic acids is 2. The Balaban J connectivity index is 1.97. The minimum absolute atomic E-state index is 0.0144. The average molecular weight is 572 g/mol. The van der Waals surface area contributed by atoms with Gasteiger partial charge >= 0.3 is 0 Å². The third-order valence-electron chi connectivity index (χ3n) is 6.03. The van der Waals surface area contributed by atoms with Gasteiger partial charge < -0.3 is 15.0 Å². The molecule has 0 radical (unpaired) electrons. The molecule has 0 saturated heterocycles. The summed E-state index contributed by atoms with van der Waals surface area (Å²) in [6.07, 6.45) is 0.742. The molecule has 8 nitrogen and oxygen atoms in total. The monoisotopic (exact) mass is 571 g/mol. The zero-order valence-corrected chi connectivity index (χ0v) is 23.9. The van der Waals surface area contributed by atoms with E-state index in [0.29, 0.717) is 29.6 Å². The lowest BCUT2D eigenvalue weighted by atomic mass is 10.1. The first kappa shape index (κ1) is 30.0. The first-order valence-corrected chi connectivity index (χ1v) is 14.6. The van der Waals surface area contributed by atoms with Crippen LogP contribution in [0.2, 0.25) is 5.02 Å². The van der Waals surface area contributed by atoms with Gasteiger partial charge in [-0.05, 0) is 74.4 Å². The standard InChI is InChI=1S/C29H34ClN3O5S/c1-4-19-31-29(35)22(3)32(20-23-11-13-24(30)14-12-23)28(34)21-33(25-9-7-6-8-10-25)39(36,37)27-17-15-26(16-18-27)38-5-2/h6-18,22H,4-5,19-21H2,1-3H3,(H,31,35)/t22-/m0/s1. The zero-order valence-electron chi connectivity index (χ0n) is 22.3. The van der Waals surface area contributed by atoms with Crippen LogP contribution < -0.4 is 14.4 Å². The normalized spacial score (nSPS) is 11.9. The van der Waals surface area contributed by atoms with Crippen LogP contribution in [0.4, 0.5) is 5.69 Å². The van der Waals surface area contributed by atoms with Crippen molar-refractivity contribution in [2.45, 2.75) is 44.7 Å². The van der Waals surface area contributed by atoms with Crippen molar-refractivity contribution in [2.75, 3.05) is 24.0 Å². The molecule has 0 heterocycles. The van der Waals surface area contributed by atoms with E-state index >= 15 is 0 Å². The number of para-hydroxylation sites is 1. The molecular formula is C29H34ClN3O5S. The van der Waals surface area contributed by atoms with Crippen LogP contribution in [0.5, 0.6) is 5.75 Å². The van der Waals surface area contributed by atoms with E-state index in [1.54, 1.807) is 73.7 Å². The first-order valence-electron chi connectivity index (χ1n) is 12.8. The van der Waals surface area contributed by atoms with Crippen LogP contribution in [0.15, 0.2) is 83.8 Å². The van der Waals surface area contributed by atoms with Crippen LogP contribution in [0, 0.1) is 0 Å². The number of nitrogens with zero attached hydrogens (tertiary/aromatic N) is 2. The van der Waals surface area contributed by atoms with Crippen molar-refractivity contribution in [1.82, 2.24) is 10.2 Å². The lowest BCUT2D eigenvalue weighted by Crippen LogP contribution is -2.51. The summed E-state index contributed by atoms with van der Waals surface area (Å²) in [7, 11) is -4.14. The van der Waals surface area contributed by atoms with Gasteiger partial charge in [0.1, 0.15) is 18.3 Å². The van der Waals surface area contributed by atoms with E-state index in [1.807, 2.05) is 13.8 Å². The van der Waals surface area contributed by atoms with Crippen molar-refractivity contribution in [1.29, 1.82) is 0 Å². The summed E-state index contributed by atoms with van der Waals surface area (Å²) in [6.45, 7) is 5.92. The van der Waals surface area contributed by atoms with Gasteiger partial charge in [0.15, 0.2) is 0 Å². The highest BCUT2D eigenvalue weighted by molar-refractivity contribution is 7.92. The Labute approximate surface area is 235 Å². The summed E-state index contributed by atoms with van der Waals surface area (Å²) < 4.78 is 34.1. The first-order chi connectivity index (χ1) is 18.7. The minimum atomic E-state index is -4.14. The predicted octanol–water partition coefficient (Wildman–Crippen LogP) is 4.88. The molecule has 0 unspecified atom stereocenters. The van der Waals surface area contributed by atoms with Gasteiger partial charge in [-0.2, -0.15) is 0 Å². The highest BCUT2D eigenvalue weighted by atomic mass is 35.5. The van der Waals surface area contributed by atoms with E-state index in [-0.39, 0.29) is 17.3 Å². The Hall–Kier alpha value is -3.56. The molecule has 0 aromatic heterocycles. The van der Waals surface area contributed by atoms with Crippen molar-refractivity contribution < 1.29 is 22.7 Å². The molecule has 0 fully saturated rings. The molecule has 0 aliphatic heterocycles. The van der Waals surface area contributed by atoms with Gasteiger partial charge in [0.2, 0.25) is 11.8 Å². The summed E-state index contributed by atoms with van der Waals surface area (Å²) in [6, 6.07) is 20.6. The topological polar surface area (TPSA) is 96.0 Å². The highest BCUT2D eigenvalue weighted by Crippen LogP contribution is 2.26. The molecule has 3 rings (SSSR count). The Kier molecular flexibility index (Phi) is 10.8. The molecule has 2 amide bonds. The Morgan fingerprint density at radius 3 is 2.18 bits per heavy atom. The fraction of sp³-hybridized carbons (Fsp3) is 0.310. The molecule has 3 aromatic rings. The van der Waals surface area contributed by atoms with Gasteiger partial charge in [0, 0.05) is 18.1 Å². The fourth-order valence-electron chi connectivity index (χ4n) is 3.89. The SMILES string of the molecule is CCCNC(=O)[C@H](C)N(Cc1ccc(Cl)cc1)C(=O)CN(c1ccccc1)S(=O)(=O)c1ccc(OCC)cc1. The average Bonchev–Trinajstić information content (AvgIpc) is 2.94. The van der Waals surface area contributed by atoms with Gasteiger partial charge in [-0.3, -0.25) is 13.9 Å². The van der Waals surface area contributed by atoms with Crippen LogP contribution >= 0.6 is 11.6 Å². The number of ether oxygens (including phenoxy) is 1. The molecule has 3 aromatic carbocycles. The molecular weight excluding hydrogens is 538 g/mol. The van der Waals surface area contributed by atoms with Crippen LogP contribution in [-0.4, -0.2) is 50.9 Å². The third kappa shape index (κ3) is 7.97. The van der Waals surface area contributed by atoms with Crippen molar-refractivity contribution in [3.63, 3.8) is 0 Å². The van der Waals surface area contributed by atoms with E-state index in [2.05, 4.69) is 5.32 Å². The molecule has 0 aliphatic rings. The molecule has 1 N–H and O–H groups in total. The van der Waals surface area contributed by atoms with Crippen molar-refractivity contribution in [2.24, 2.45) is 0 Å². The van der Waals surface area contributed by atoms with Crippen LogP contribution in [0.3, 0.4) is 0 Å². The smallest absolute Gasteiger partial charge is 0.264 e. The predicted molar refractivity (Wildman–Crippen MR) is 153 cm³/mol. The second-order valence-corrected chi connectivity index (χ2v) is 11.2. The maximum Gasteiger partial charge on any atom is 0.264 e. The number of hydrogen-bond donors (Lipinski definition) is 1. The Morgan fingerprint density at radius 2 is 1.59 bits per heavy atom. The largest absolute Gasteiger partial charge is 0.494 e. The molecule has 208 valence electrons. The van der Waals surface area contributed by atoms with E-state index in [0.717, 1.165) is 16.3 Å². The van der Waals surface area contributed by atoms with Crippen molar-refractivity contribution >= 4 is 39.1 Å². The lowest BCUT2D eigenvalue weighted by Gasteiger charge is -2.32. The van der Waals surface area contributed by atoms with Gasteiger partial charge in [0.25, 0.3) is 10.0 Å². The maximum atomic E-state index is 13.8. The summed E-state index contributed by atoms with van der Waals surface area (Å²) in [5, 5.41) is 3.36. The lowest BCUT2D eigenvalue weighted by molar-refractivity contribution is -0.139. The van der Waals surface area contributed by atoms with E-state index in [9.17, 15) is 18.0 Å². The molecule has 0 aliphatic carbocycles. The second kappa shape index (κ2) is 14.0. The summed E-state index contributed by atoms with van der Waals surface area (Å²) in [5.74, 6) is -0.304. The third-order valence-corrected chi connectivity index (χ3v) is 8.07. The number of sulfonamides is 1. The van der Waals surface area contributed by atoms with Crippen LogP contribution in [-0.2, 0) is 26.2 Å². The number of benzene rings is 3. The maximum absolute atomic E-state index is 13.8. The summed E-state index contributed by atoms with van der Waals surface area (Å²) in [5.41, 5.74) is 1.08. The highest BCUT2D eigenvalue weighted by Gasteiger charge is 2.32. The molecule has 0 saturated carbocycles. The quantitative estimate of drug-likeness (QED) is 0.315. The Morgan fingerprint density at radius 1 is 0.949 bits per heavy atom. The number of amides is 2.